The molecule has 1 aromatic carbocycles. The van der Waals surface area contributed by atoms with Crippen LogP contribution in [0.5, 0.6) is 0 Å². The van der Waals surface area contributed by atoms with Gasteiger partial charge in [0.1, 0.15) is 0 Å². The summed E-state index contributed by atoms with van der Waals surface area (Å²) in [6, 6.07) is 9.10. The van der Waals surface area contributed by atoms with Crippen LogP contribution in [0.15, 0.2) is 30.5 Å². The third kappa shape index (κ3) is 2.89. The molecular formula is C15H22N2. The van der Waals surface area contributed by atoms with E-state index in [1.165, 1.54) is 16.5 Å². The van der Waals surface area contributed by atoms with Gasteiger partial charge in [0.25, 0.3) is 0 Å². The maximum Gasteiger partial charge on any atom is 0.0480 e. The monoisotopic (exact) mass is 230 g/mol. The third-order valence-corrected chi connectivity index (χ3v) is 2.95. The van der Waals surface area contributed by atoms with Gasteiger partial charge in [-0.1, -0.05) is 19.9 Å². The highest BCUT2D eigenvalue weighted by molar-refractivity contribution is 5.80. The lowest BCUT2D eigenvalue weighted by atomic mass is 10.1. The van der Waals surface area contributed by atoms with Crippen LogP contribution in [-0.4, -0.2) is 10.6 Å². The molecule has 1 unspecified atom stereocenters. The van der Waals surface area contributed by atoms with Crippen LogP contribution in [0.3, 0.4) is 0 Å². The first-order valence-electron chi connectivity index (χ1n) is 6.39. The molecule has 0 aliphatic heterocycles. The van der Waals surface area contributed by atoms with Crippen molar-refractivity contribution < 1.29 is 0 Å². The van der Waals surface area contributed by atoms with Crippen molar-refractivity contribution in [1.29, 1.82) is 0 Å². The summed E-state index contributed by atoms with van der Waals surface area (Å²) >= 11 is 0. The second kappa shape index (κ2) is 4.92. The third-order valence-electron chi connectivity index (χ3n) is 2.95. The highest BCUT2D eigenvalue weighted by Crippen LogP contribution is 2.19. The van der Waals surface area contributed by atoms with Gasteiger partial charge in [-0.05, 0) is 48.4 Å². The SMILES string of the molecule is CC(C)Cn1ccc2cc(CC(C)N)ccc21. The molecule has 0 aliphatic rings. The van der Waals surface area contributed by atoms with Crippen molar-refractivity contribution in [2.24, 2.45) is 11.7 Å². The molecule has 2 aromatic rings. The van der Waals surface area contributed by atoms with Gasteiger partial charge in [-0.25, -0.2) is 0 Å². The first-order valence-corrected chi connectivity index (χ1v) is 6.39. The Morgan fingerprint density at radius 1 is 1.18 bits per heavy atom. The minimum atomic E-state index is 0.227. The quantitative estimate of drug-likeness (QED) is 0.859. The molecular weight excluding hydrogens is 208 g/mol. The van der Waals surface area contributed by atoms with Crippen molar-refractivity contribution in [1.82, 2.24) is 4.57 Å². The van der Waals surface area contributed by atoms with Gasteiger partial charge in [0.15, 0.2) is 0 Å². The van der Waals surface area contributed by atoms with E-state index in [4.69, 9.17) is 5.73 Å². The zero-order valence-electron chi connectivity index (χ0n) is 11.0. The lowest BCUT2D eigenvalue weighted by Crippen LogP contribution is -2.17. The Morgan fingerprint density at radius 2 is 1.94 bits per heavy atom. The van der Waals surface area contributed by atoms with E-state index in [0.29, 0.717) is 5.92 Å². The van der Waals surface area contributed by atoms with Crippen LogP contribution < -0.4 is 5.73 Å². The topological polar surface area (TPSA) is 30.9 Å². The fourth-order valence-electron chi connectivity index (χ4n) is 2.30. The summed E-state index contributed by atoms with van der Waals surface area (Å²) in [5, 5.41) is 1.32. The smallest absolute Gasteiger partial charge is 0.0480 e. The van der Waals surface area contributed by atoms with Gasteiger partial charge in [0, 0.05) is 24.3 Å². The summed E-state index contributed by atoms with van der Waals surface area (Å²) in [6.07, 6.45) is 3.13. The minimum Gasteiger partial charge on any atom is -0.347 e. The molecule has 0 amide bonds. The van der Waals surface area contributed by atoms with Crippen LogP contribution in [0, 0.1) is 5.92 Å². The van der Waals surface area contributed by atoms with E-state index in [1.54, 1.807) is 0 Å². The van der Waals surface area contributed by atoms with E-state index < -0.39 is 0 Å². The summed E-state index contributed by atoms with van der Waals surface area (Å²) < 4.78 is 2.33. The van der Waals surface area contributed by atoms with Gasteiger partial charge < -0.3 is 10.3 Å². The van der Waals surface area contributed by atoms with Crippen LogP contribution in [0.2, 0.25) is 0 Å². The molecule has 1 atom stereocenters. The summed E-state index contributed by atoms with van der Waals surface area (Å²) in [7, 11) is 0. The Labute approximate surface area is 103 Å². The van der Waals surface area contributed by atoms with E-state index in [9.17, 15) is 0 Å². The molecule has 0 saturated carbocycles. The van der Waals surface area contributed by atoms with Crippen LogP contribution in [0.4, 0.5) is 0 Å². The summed E-state index contributed by atoms with van der Waals surface area (Å²) in [5.74, 6) is 0.675. The zero-order valence-corrected chi connectivity index (χ0v) is 11.0. The number of nitrogens with two attached hydrogens (primary N) is 1. The Hall–Kier alpha value is -1.28. The van der Waals surface area contributed by atoms with Crippen molar-refractivity contribution in [3.8, 4) is 0 Å². The highest BCUT2D eigenvalue weighted by atomic mass is 15.0. The molecule has 92 valence electrons. The average Bonchev–Trinajstić information content (AvgIpc) is 2.59. The fourth-order valence-corrected chi connectivity index (χ4v) is 2.30. The highest BCUT2D eigenvalue weighted by Gasteiger charge is 2.04. The molecule has 2 N–H and O–H groups in total. The zero-order chi connectivity index (χ0) is 12.4. The lowest BCUT2D eigenvalue weighted by molar-refractivity contribution is 0.535. The number of nitrogens with zero attached hydrogens (tertiary/aromatic N) is 1. The fraction of sp³-hybridized carbons (Fsp3) is 0.467. The molecule has 0 spiro atoms. The van der Waals surface area contributed by atoms with E-state index in [1.807, 2.05) is 6.92 Å². The molecule has 1 heterocycles. The molecule has 2 nitrogen and oxygen atoms in total. The minimum absolute atomic E-state index is 0.227. The van der Waals surface area contributed by atoms with Gasteiger partial charge in [-0.15, -0.1) is 0 Å². The predicted molar refractivity (Wildman–Crippen MR) is 74.1 cm³/mol. The Balaban J connectivity index is 2.31. The van der Waals surface area contributed by atoms with Crippen molar-refractivity contribution in [3.63, 3.8) is 0 Å². The maximum atomic E-state index is 5.83. The van der Waals surface area contributed by atoms with Gasteiger partial charge in [-0.2, -0.15) is 0 Å². The summed E-state index contributed by atoms with van der Waals surface area (Å²) in [5.41, 5.74) is 8.49. The number of rotatable bonds is 4. The Bertz CT molecular complexity index is 495. The molecule has 0 fully saturated rings. The van der Waals surface area contributed by atoms with Gasteiger partial charge in [-0.3, -0.25) is 0 Å². The molecule has 2 heteroatoms. The van der Waals surface area contributed by atoms with Gasteiger partial charge >= 0.3 is 0 Å². The summed E-state index contributed by atoms with van der Waals surface area (Å²) in [6.45, 7) is 7.62. The van der Waals surface area contributed by atoms with Crippen LogP contribution in [-0.2, 0) is 13.0 Å². The first-order chi connectivity index (χ1) is 8.06. The number of fused-ring (bicyclic) bond motifs is 1. The number of hydrogen-bond acceptors (Lipinski definition) is 1. The molecule has 17 heavy (non-hydrogen) atoms. The van der Waals surface area contributed by atoms with Crippen LogP contribution in [0.1, 0.15) is 26.3 Å². The maximum absolute atomic E-state index is 5.83. The van der Waals surface area contributed by atoms with Crippen LogP contribution >= 0.6 is 0 Å². The molecule has 1 aromatic heterocycles. The van der Waals surface area contributed by atoms with Gasteiger partial charge in [0.05, 0.1) is 0 Å². The van der Waals surface area contributed by atoms with Gasteiger partial charge in [0.2, 0.25) is 0 Å². The van der Waals surface area contributed by atoms with Crippen molar-refractivity contribution in [2.45, 2.75) is 39.8 Å². The van der Waals surface area contributed by atoms with Crippen LogP contribution in [0.25, 0.3) is 10.9 Å². The Morgan fingerprint density at radius 3 is 2.59 bits per heavy atom. The van der Waals surface area contributed by atoms with Crippen molar-refractivity contribution >= 4 is 10.9 Å². The molecule has 0 bridgehead atoms. The summed E-state index contributed by atoms with van der Waals surface area (Å²) in [4.78, 5) is 0. The lowest BCUT2D eigenvalue weighted by Gasteiger charge is -2.09. The predicted octanol–water partition coefficient (Wildman–Crippen LogP) is 3.19. The molecule has 2 rings (SSSR count). The second-order valence-electron chi connectivity index (χ2n) is 5.44. The number of benzene rings is 1. The number of hydrogen-bond donors (Lipinski definition) is 1. The largest absolute Gasteiger partial charge is 0.347 e. The number of aromatic nitrogens is 1. The standard InChI is InChI=1S/C15H22N2/c1-11(2)10-17-7-6-14-9-13(8-12(3)16)4-5-15(14)17/h4-7,9,11-12H,8,10,16H2,1-3H3. The van der Waals surface area contributed by atoms with E-state index in [0.717, 1.165) is 13.0 Å². The normalized spacial score (nSPS) is 13.5. The van der Waals surface area contributed by atoms with Crippen molar-refractivity contribution in [2.75, 3.05) is 0 Å². The second-order valence-corrected chi connectivity index (χ2v) is 5.44. The molecule has 0 aliphatic carbocycles. The first kappa shape index (κ1) is 12.2. The van der Waals surface area contributed by atoms with E-state index in [2.05, 4.69) is 48.9 Å². The van der Waals surface area contributed by atoms with E-state index in [-0.39, 0.29) is 6.04 Å². The molecule has 0 radical (unpaired) electrons. The Kier molecular flexibility index (Phi) is 3.53. The van der Waals surface area contributed by atoms with E-state index >= 15 is 0 Å². The average molecular weight is 230 g/mol. The van der Waals surface area contributed by atoms with Crippen molar-refractivity contribution in [3.05, 3.63) is 36.0 Å². The molecule has 0 saturated heterocycles.